The molecule has 1 fully saturated rings. The van der Waals surface area contributed by atoms with Gasteiger partial charge in [0.1, 0.15) is 11.5 Å². The molecule has 1 aliphatic rings. The summed E-state index contributed by atoms with van der Waals surface area (Å²) in [6, 6.07) is 2.98. The van der Waals surface area contributed by atoms with Crippen LogP contribution in [0.15, 0.2) is 24.3 Å². The summed E-state index contributed by atoms with van der Waals surface area (Å²) >= 11 is 0. The second-order valence-electron chi connectivity index (χ2n) is 6.79. The molecule has 0 radical (unpaired) electrons. The summed E-state index contributed by atoms with van der Waals surface area (Å²) in [6.45, 7) is -3.94. The van der Waals surface area contributed by atoms with Gasteiger partial charge in [0.05, 0.1) is 5.75 Å². The van der Waals surface area contributed by atoms with E-state index in [0.717, 1.165) is 18.2 Å². The summed E-state index contributed by atoms with van der Waals surface area (Å²) in [5.74, 6) is -1.22. The molecule has 1 aromatic carbocycles. The predicted octanol–water partition coefficient (Wildman–Crippen LogP) is 3.22. The summed E-state index contributed by atoms with van der Waals surface area (Å²) in [7, 11) is -3.28. The average molecular weight is 468 g/mol. The summed E-state index contributed by atoms with van der Waals surface area (Å²) < 4.78 is 83.8. The fourth-order valence-corrected chi connectivity index (χ4v) is 4.65. The van der Waals surface area contributed by atoms with Crippen LogP contribution in [0.2, 0.25) is 0 Å². The molecule has 31 heavy (non-hydrogen) atoms. The van der Waals surface area contributed by atoms with Gasteiger partial charge >= 0.3 is 13.2 Å². The number of nitrogens with one attached hydrogen (secondary N) is 1. The number of ether oxygens (including phenoxy) is 2. The summed E-state index contributed by atoms with van der Waals surface area (Å²) in [5, 5.41) is 2.73. The van der Waals surface area contributed by atoms with Crippen LogP contribution < -0.4 is 14.8 Å². The number of halogens is 4. The van der Waals surface area contributed by atoms with Gasteiger partial charge in [-0.05, 0) is 37.5 Å². The smallest absolute Gasteiger partial charge is 0.387 e. The highest BCUT2D eigenvalue weighted by Gasteiger charge is 2.27. The van der Waals surface area contributed by atoms with Crippen LogP contribution in [0.25, 0.3) is 6.08 Å². The lowest BCUT2D eigenvalue weighted by molar-refractivity contribution is -0.117. The van der Waals surface area contributed by atoms with Crippen molar-refractivity contribution in [3.63, 3.8) is 0 Å². The minimum atomic E-state index is -3.28. The highest BCUT2D eigenvalue weighted by molar-refractivity contribution is 7.89. The number of hydrogen-bond donors (Lipinski definition) is 1. The predicted molar refractivity (Wildman–Crippen MR) is 106 cm³/mol. The Bertz CT molecular complexity index is 872. The van der Waals surface area contributed by atoms with Gasteiger partial charge in [0.15, 0.2) is 0 Å². The van der Waals surface area contributed by atoms with Crippen LogP contribution in [-0.4, -0.2) is 56.7 Å². The van der Waals surface area contributed by atoms with E-state index in [9.17, 15) is 30.8 Å². The number of rotatable bonds is 10. The number of hydrogen-bond acceptors (Lipinski definition) is 5. The van der Waals surface area contributed by atoms with Crippen LogP contribution in [0.4, 0.5) is 17.6 Å². The fraction of sp³-hybridized carbons (Fsp3) is 0.526. The number of sulfonamides is 1. The minimum absolute atomic E-state index is 0.0672. The van der Waals surface area contributed by atoms with Gasteiger partial charge in [-0.15, -0.1) is 0 Å². The Morgan fingerprint density at radius 2 is 1.84 bits per heavy atom. The van der Waals surface area contributed by atoms with Gasteiger partial charge < -0.3 is 14.8 Å². The molecule has 0 bridgehead atoms. The molecule has 174 valence electrons. The average Bonchev–Trinajstić information content (AvgIpc) is 2.67. The molecule has 0 aromatic heterocycles. The fourth-order valence-electron chi connectivity index (χ4n) is 3.11. The third-order valence-corrected chi connectivity index (χ3v) is 6.57. The highest BCUT2D eigenvalue weighted by Crippen LogP contribution is 2.28. The Morgan fingerprint density at radius 1 is 1.19 bits per heavy atom. The van der Waals surface area contributed by atoms with Crippen LogP contribution in [0.3, 0.4) is 0 Å². The first-order valence-corrected chi connectivity index (χ1v) is 11.2. The van der Waals surface area contributed by atoms with Crippen molar-refractivity contribution >= 4 is 22.0 Å². The molecule has 1 aliphatic heterocycles. The highest BCUT2D eigenvalue weighted by atomic mass is 32.2. The summed E-state index contributed by atoms with van der Waals surface area (Å²) in [4.78, 5) is 12.2. The third-order valence-electron chi connectivity index (χ3n) is 4.50. The Morgan fingerprint density at radius 3 is 2.42 bits per heavy atom. The number of carbonyl (C=O) groups is 1. The molecule has 7 nitrogen and oxygen atoms in total. The normalized spacial score (nSPS) is 16.2. The van der Waals surface area contributed by atoms with Crippen molar-refractivity contribution in [2.45, 2.75) is 45.5 Å². The maximum Gasteiger partial charge on any atom is 0.387 e. The molecular weight excluding hydrogens is 444 g/mol. The van der Waals surface area contributed by atoms with Gasteiger partial charge in [0, 0.05) is 36.8 Å². The maximum absolute atomic E-state index is 12.6. The van der Waals surface area contributed by atoms with Crippen molar-refractivity contribution in [1.82, 2.24) is 9.62 Å². The van der Waals surface area contributed by atoms with Crippen LogP contribution >= 0.6 is 0 Å². The lowest BCUT2D eigenvalue weighted by Gasteiger charge is -2.31. The number of alkyl halides is 4. The number of benzene rings is 1. The molecule has 0 saturated carbocycles. The van der Waals surface area contributed by atoms with Gasteiger partial charge in [-0.1, -0.05) is 6.92 Å². The Balaban J connectivity index is 1.97. The standard InChI is InChI=1S/C19H24F4N2O5S/c1-2-11-31(27,28)25-9-7-14(8-10-25)24-17(26)6-4-13-3-5-15(29-18(20)21)12-16(13)30-19(22)23/h3-6,12,14,18-19H,2,7-11H2,1H3,(H,24,26). The van der Waals surface area contributed by atoms with Crippen molar-refractivity contribution in [2.24, 2.45) is 0 Å². The second-order valence-corrected chi connectivity index (χ2v) is 8.88. The zero-order valence-electron chi connectivity index (χ0n) is 16.8. The molecule has 0 spiro atoms. The van der Waals surface area contributed by atoms with E-state index in [-0.39, 0.29) is 23.1 Å². The van der Waals surface area contributed by atoms with Crippen molar-refractivity contribution in [3.8, 4) is 11.5 Å². The molecule has 1 N–H and O–H groups in total. The number of amides is 1. The van der Waals surface area contributed by atoms with E-state index in [0.29, 0.717) is 32.4 Å². The van der Waals surface area contributed by atoms with Gasteiger partial charge in [-0.2, -0.15) is 17.6 Å². The molecule has 0 atom stereocenters. The van der Waals surface area contributed by atoms with E-state index in [1.54, 1.807) is 6.92 Å². The Labute approximate surface area is 178 Å². The van der Waals surface area contributed by atoms with Crippen LogP contribution in [0.5, 0.6) is 11.5 Å². The maximum atomic E-state index is 12.6. The zero-order valence-corrected chi connectivity index (χ0v) is 17.6. The van der Waals surface area contributed by atoms with Gasteiger partial charge in [0.2, 0.25) is 15.9 Å². The lowest BCUT2D eigenvalue weighted by atomic mass is 10.1. The van der Waals surface area contributed by atoms with E-state index < -0.39 is 34.9 Å². The summed E-state index contributed by atoms with van der Waals surface area (Å²) in [5.41, 5.74) is 0.0672. The van der Waals surface area contributed by atoms with Gasteiger partial charge in [-0.25, -0.2) is 12.7 Å². The van der Waals surface area contributed by atoms with E-state index in [4.69, 9.17) is 0 Å². The van der Waals surface area contributed by atoms with Crippen molar-refractivity contribution in [3.05, 3.63) is 29.8 Å². The topological polar surface area (TPSA) is 84.9 Å². The Hall–Kier alpha value is -2.34. The number of nitrogens with zero attached hydrogens (tertiary/aromatic N) is 1. The third kappa shape index (κ3) is 8.02. The van der Waals surface area contributed by atoms with E-state index in [1.807, 2.05) is 0 Å². The molecule has 0 aliphatic carbocycles. The Kier molecular flexibility index (Phi) is 9.11. The first-order valence-electron chi connectivity index (χ1n) is 9.60. The molecule has 1 aromatic rings. The van der Waals surface area contributed by atoms with E-state index in [1.165, 1.54) is 16.4 Å². The van der Waals surface area contributed by atoms with Gasteiger partial charge in [-0.3, -0.25) is 4.79 Å². The van der Waals surface area contributed by atoms with Crippen molar-refractivity contribution in [2.75, 3.05) is 18.8 Å². The van der Waals surface area contributed by atoms with Crippen molar-refractivity contribution in [1.29, 1.82) is 0 Å². The molecule has 2 rings (SSSR count). The molecule has 1 heterocycles. The zero-order chi connectivity index (χ0) is 23.0. The SMILES string of the molecule is CCCS(=O)(=O)N1CCC(NC(=O)C=Cc2ccc(OC(F)F)cc2OC(F)F)CC1. The number of piperidine rings is 1. The van der Waals surface area contributed by atoms with Crippen LogP contribution in [-0.2, 0) is 14.8 Å². The largest absolute Gasteiger partial charge is 0.435 e. The van der Waals surface area contributed by atoms with E-state index >= 15 is 0 Å². The monoisotopic (exact) mass is 468 g/mol. The van der Waals surface area contributed by atoms with Crippen molar-refractivity contribution < 1.29 is 40.2 Å². The first-order chi connectivity index (χ1) is 14.6. The van der Waals surface area contributed by atoms with E-state index in [2.05, 4.69) is 14.8 Å². The second kappa shape index (κ2) is 11.3. The quantitative estimate of drug-likeness (QED) is 0.421. The minimum Gasteiger partial charge on any atom is -0.435 e. The molecule has 0 unspecified atom stereocenters. The first kappa shape index (κ1) is 24.9. The lowest BCUT2D eigenvalue weighted by Crippen LogP contribution is -2.46. The van der Waals surface area contributed by atoms with Crippen LogP contribution in [0.1, 0.15) is 31.7 Å². The number of carbonyl (C=O) groups excluding carboxylic acids is 1. The van der Waals surface area contributed by atoms with Crippen LogP contribution in [0, 0.1) is 0 Å². The summed E-state index contributed by atoms with van der Waals surface area (Å²) in [6.07, 6.45) is 3.72. The molecular formula is C19H24F4N2O5S. The molecule has 1 saturated heterocycles. The molecule has 12 heteroatoms. The van der Waals surface area contributed by atoms with Gasteiger partial charge in [0.25, 0.3) is 0 Å². The molecule has 1 amide bonds.